The summed E-state index contributed by atoms with van der Waals surface area (Å²) in [6, 6.07) is 12.4. The third-order valence-corrected chi connectivity index (χ3v) is 3.55. The molecule has 1 N–H and O–H groups in total. The smallest absolute Gasteiger partial charge is 0.351 e. The zero-order valence-electron chi connectivity index (χ0n) is 12.4. The Bertz CT molecular complexity index is 885. The van der Waals surface area contributed by atoms with Gasteiger partial charge in [-0.3, -0.25) is 4.98 Å². The summed E-state index contributed by atoms with van der Waals surface area (Å²) in [5, 5.41) is 12.3. The molecule has 2 heterocycles. The number of hydrogen-bond donors (Lipinski definition) is 1. The van der Waals surface area contributed by atoms with E-state index < -0.39 is 5.97 Å². The van der Waals surface area contributed by atoms with Gasteiger partial charge >= 0.3 is 5.97 Å². The molecule has 0 atom stereocenters. The fourth-order valence-corrected chi connectivity index (χ4v) is 2.33. The quantitative estimate of drug-likeness (QED) is 0.527. The summed E-state index contributed by atoms with van der Waals surface area (Å²) in [5.74, 6) is -0.774. The average molecular weight is 339 g/mol. The topological polar surface area (TPSA) is 87.4 Å². The first-order valence-electron chi connectivity index (χ1n) is 7.00. The molecule has 118 valence electrons. The maximum absolute atomic E-state index is 12.2. The lowest BCUT2D eigenvalue weighted by Crippen LogP contribution is -2.18. The number of aliphatic imine (C=N–C) groups is 1. The first-order valence-corrected chi connectivity index (χ1v) is 7.38. The summed E-state index contributed by atoms with van der Waals surface area (Å²) in [7, 11) is 0. The number of esters is 1. The van der Waals surface area contributed by atoms with Crippen LogP contribution in [0.15, 0.2) is 65.1 Å². The van der Waals surface area contributed by atoms with Crippen molar-refractivity contribution < 1.29 is 9.53 Å². The van der Waals surface area contributed by atoms with Gasteiger partial charge in [-0.2, -0.15) is 5.26 Å². The Kier molecular flexibility index (Phi) is 4.54. The second-order valence-corrected chi connectivity index (χ2v) is 5.20. The lowest BCUT2D eigenvalue weighted by molar-refractivity contribution is -0.139. The third-order valence-electron chi connectivity index (χ3n) is 3.27. The molecule has 0 radical (unpaired) electrons. The van der Waals surface area contributed by atoms with Crippen molar-refractivity contribution in [2.45, 2.75) is 6.61 Å². The van der Waals surface area contributed by atoms with E-state index in [1.807, 2.05) is 18.2 Å². The molecular formula is C17H11ClN4O2. The van der Waals surface area contributed by atoms with Crippen molar-refractivity contribution in [3.63, 3.8) is 0 Å². The number of carbonyl (C=O) groups is 1. The number of hydrogen-bond acceptors (Lipinski definition) is 6. The minimum absolute atomic E-state index is 0.0329. The predicted molar refractivity (Wildman–Crippen MR) is 89.7 cm³/mol. The second-order valence-electron chi connectivity index (χ2n) is 4.84. The molecular weight excluding hydrogens is 328 g/mol. The number of nitrogens with zero attached hydrogens (tertiary/aromatic N) is 3. The maximum Gasteiger partial charge on any atom is 0.351 e. The van der Waals surface area contributed by atoms with Gasteiger partial charge < -0.3 is 10.1 Å². The number of pyridine rings is 1. The van der Waals surface area contributed by atoms with Crippen molar-refractivity contribution >= 4 is 34.1 Å². The van der Waals surface area contributed by atoms with Gasteiger partial charge in [0.15, 0.2) is 10.7 Å². The van der Waals surface area contributed by atoms with Crippen molar-refractivity contribution in [2.75, 3.05) is 5.32 Å². The highest BCUT2D eigenvalue weighted by Gasteiger charge is 2.24. The highest BCUT2D eigenvalue weighted by atomic mass is 35.5. The zero-order valence-corrected chi connectivity index (χ0v) is 13.1. The SMILES string of the molecule is N#C/C(C(=O)OCc1ccncc1)=C1/Nc2ccccc2N=C1Cl. The third kappa shape index (κ3) is 3.26. The van der Waals surface area contributed by atoms with Crippen molar-refractivity contribution in [1.82, 2.24) is 4.98 Å². The highest BCUT2D eigenvalue weighted by Crippen LogP contribution is 2.32. The molecule has 3 rings (SSSR count). The van der Waals surface area contributed by atoms with E-state index in [9.17, 15) is 10.1 Å². The van der Waals surface area contributed by atoms with E-state index in [4.69, 9.17) is 16.3 Å². The molecule has 6 nitrogen and oxygen atoms in total. The van der Waals surface area contributed by atoms with Crippen LogP contribution in [0.2, 0.25) is 0 Å². The summed E-state index contributed by atoms with van der Waals surface area (Å²) in [6.07, 6.45) is 3.19. The van der Waals surface area contributed by atoms with Crippen molar-refractivity contribution in [3.8, 4) is 6.07 Å². The maximum atomic E-state index is 12.2. The molecule has 1 aliphatic heterocycles. The van der Waals surface area contributed by atoms with Gasteiger partial charge in [0.05, 0.1) is 11.4 Å². The minimum atomic E-state index is -0.774. The standard InChI is InChI=1S/C17H11ClN4O2/c18-16-15(21-13-3-1-2-4-14(13)22-16)12(9-19)17(23)24-10-11-5-7-20-8-6-11/h1-8,21H,10H2/b15-12-. The number of anilines is 1. The molecule has 1 aromatic heterocycles. The molecule has 0 saturated carbocycles. The number of fused-ring (bicyclic) bond motifs is 1. The summed E-state index contributed by atoms with van der Waals surface area (Å²) in [4.78, 5) is 20.3. The zero-order chi connectivity index (χ0) is 16.9. The van der Waals surface area contributed by atoms with Crippen LogP contribution in [0.4, 0.5) is 11.4 Å². The van der Waals surface area contributed by atoms with Crippen LogP contribution < -0.4 is 5.32 Å². The number of carbonyl (C=O) groups excluding carboxylic acids is 1. The molecule has 7 heteroatoms. The number of halogens is 1. The average Bonchev–Trinajstić information content (AvgIpc) is 2.62. The molecule has 1 aromatic carbocycles. The Morgan fingerprint density at radius 3 is 2.75 bits per heavy atom. The van der Waals surface area contributed by atoms with Gasteiger partial charge in [-0.1, -0.05) is 23.7 Å². The van der Waals surface area contributed by atoms with Crippen LogP contribution in [0.1, 0.15) is 5.56 Å². The minimum Gasteiger partial charge on any atom is -0.457 e. The molecule has 0 spiro atoms. The summed E-state index contributed by atoms with van der Waals surface area (Å²) < 4.78 is 5.17. The molecule has 0 bridgehead atoms. The van der Waals surface area contributed by atoms with E-state index in [-0.39, 0.29) is 23.0 Å². The largest absolute Gasteiger partial charge is 0.457 e. The molecule has 0 amide bonds. The number of allylic oxidation sites excluding steroid dienone is 1. The molecule has 2 aromatic rings. The Labute approximate surface area is 143 Å². The first-order chi connectivity index (χ1) is 11.7. The Hall–Kier alpha value is -3.17. The van der Waals surface area contributed by atoms with Crippen molar-refractivity contribution in [3.05, 3.63) is 65.6 Å². The van der Waals surface area contributed by atoms with Crippen molar-refractivity contribution in [2.24, 2.45) is 4.99 Å². The Balaban J connectivity index is 1.84. The lowest BCUT2D eigenvalue weighted by atomic mass is 10.1. The van der Waals surface area contributed by atoms with Gasteiger partial charge in [-0.05, 0) is 29.8 Å². The lowest BCUT2D eigenvalue weighted by Gasteiger charge is -2.18. The number of para-hydroxylation sites is 2. The predicted octanol–water partition coefficient (Wildman–Crippen LogP) is 3.30. The number of benzene rings is 1. The Morgan fingerprint density at radius 1 is 1.25 bits per heavy atom. The molecule has 0 saturated heterocycles. The number of nitriles is 1. The van der Waals surface area contributed by atoms with E-state index in [1.54, 1.807) is 36.7 Å². The number of ether oxygens (including phenoxy) is 1. The monoisotopic (exact) mass is 338 g/mol. The molecule has 24 heavy (non-hydrogen) atoms. The van der Waals surface area contributed by atoms with Crippen LogP contribution >= 0.6 is 11.6 Å². The van der Waals surface area contributed by atoms with E-state index in [1.165, 1.54) is 0 Å². The number of aromatic nitrogens is 1. The van der Waals surface area contributed by atoms with Gasteiger partial charge in [0.25, 0.3) is 0 Å². The van der Waals surface area contributed by atoms with E-state index in [0.29, 0.717) is 11.4 Å². The van der Waals surface area contributed by atoms with Crippen LogP contribution in [0.3, 0.4) is 0 Å². The summed E-state index contributed by atoms with van der Waals surface area (Å²) in [5.41, 5.74) is 1.97. The molecule has 0 aliphatic carbocycles. The van der Waals surface area contributed by atoms with E-state index >= 15 is 0 Å². The fourth-order valence-electron chi connectivity index (χ4n) is 2.09. The summed E-state index contributed by atoms with van der Waals surface area (Å²) in [6.45, 7) is 0.0329. The van der Waals surface area contributed by atoms with E-state index in [2.05, 4.69) is 15.3 Å². The van der Waals surface area contributed by atoms with Crippen molar-refractivity contribution in [1.29, 1.82) is 5.26 Å². The van der Waals surface area contributed by atoms with Gasteiger partial charge in [0, 0.05) is 12.4 Å². The number of nitrogens with one attached hydrogen (secondary N) is 1. The number of rotatable bonds is 3. The molecule has 1 aliphatic rings. The Morgan fingerprint density at radius 2 is 2.00 bits per heavy atom. The highest BCUT2D eigenvalue weighted by molar-refractivity contribution is 6.70. The van der Waals surface area contributed by atoms with Gasteiger partial charge in [0.1, 0.15) is 18.4 Å². The fraction of sp³-hybridized carbons (Fsp3) is 0.0588. The summed E-state index contributed by atoms with van der Waals surface area (Å²) >= 11 is 6.11. The van der Waals surface area contributed by atoms with E-state index in [0.717, 1.165) is 5.56 Å². The van der Waals surface area contributed by atoms with Crippen LogP contribution in [0, 0.1) is 11.3 Å². The van der Waals surface area contributed by atoms with Crippen LogP contribution in [0.5, 0.6) is 0 Å². The van der Waals surface area contributed by atoms with Gasteiger partial charge in [0.2, 0.25) is 0 Å². The first kappa shape index (κ1) is 15.7. The van der Waals surface area contributed by atoms with Crippen LogP contribution in [0.25, 0.3) is 0 Å². The van der Waals surface area contributed by atoms with Gasteiger partial charge in [-0.25, -0.2) is 9.79 Å². The normalized spacial score (nSPS) is 14.6. The molecule has 0 unspecified atom stereocenters. The van der Waals surface area contributed by atoms with Crippen LogP contribution in [-0.4, -0.2) is 16.1 Å². The van der Waals surface area contributed by atoms with Gasteiger partial charge in [-0.15, -0.1) is 0 Å². The molecule has 0 fully saturated rings. The van der Waals surface area contributed by atoms with Crippen LogP contribution in [-0.2, 0) is 16.1 Å². The second kappa shape index (κ2) is 6.94.